The lowest BCUT2D eigenvalue weighted by molar-refractivity contribution is 0.0600. The molecule has 0 spiro atoms. The van der Waals surface area contributed by atoms with Gasteiger partial charge in [-0.25, -0.2) is 26.6 Å². The van der Waals surface area contributed by atoms with E-state index < -0.39 is 21.8 Å². The molecule has 0 fully saturated rings. The van der Waals surface area contributed by atoms with E-state index in [4.69, 9.17) is 4.74 Å². The van der Waals surface area contributed by atoms with Crippen LogP contribution < -0.4 is 0 Å². The first-order chi connectivity index (χ1) is 17.2. The average molecular weight is 615 g/mol. The van der Waals surface area contributed by atoms with Gasteiger partial charge in [0.1, 0.15) is 5.82 Å². The Labute approximate surface area is 220 Å². The van der Waals surface area contributed by atoms with Crippen LogP contribution in [-0.2, 0) is 14.8 Å². The van der Waals surface area contributed by atoms with Crippen LogP contribution in [0.2, 0.25) is 0 Å². The minimum atomic E-state index is -3.89. The molecule has 36 heavy (non-hydrogen) atoms. The highest BCUT2D eigenvalue weighted by Gasteiger charge is 2.27. The summed E-state index contributed by atoms with van der Waals surface area (Å²) in [7, 11) is -2.62. The number of methoxy groups -OCH3 is 1. The van der Waals surface area contributed by atoms with E-state index in [0.717, 1.165) is 9.54 Å². The number of carbonyl (C=O) groups excluding carboxylic acids is 1. The molecule has 2 aromatic carbocycles. The number of pyridine rings is 1. The van der Waals surface area contributed by atoms with Gasteiger partial charge >= 0.3 is 5.97 Å². The highest BCUT2D eigenvalue weighted by Crippen LogP contribution is 2.39. The van der Waals surface area contributed by atoms with E-state index in [1.54, 1.807) is 49.4 Å². The van der Waals surface area contributed by atoms with Crippen molar-refractivity contribution < 1.29 is 22.3 Å². The molecule has 5 aromatic rings. The molecule has 10 heteroatoms. The number of benzene rings is 2. The van der Waals surface area contributed by atoms with E-state index in [1.807, 2.05) is 22.6 Å². The number of esters is 1. The van der Waals surface area contributed by atoms with Crippen LogP contribution in [0.25, 0.3) is 33.5 Å². The van der Waals surface area contributed by atoms with Gasteiger partial charge in [-0.1, -0.05) is 24.3 Å². The second-order valence-electron chi connectivity index (χ2n) is 8.06. The Morgan fingerprint density at radius 1 is 1.06 bits per heavy atom. The monoisotopic (exact) mass is 615 g/mol. The van der Waals surface area contributed by atoms with Crippen LogP contribution in [0.5, 0.6) is 0 Å². The van der Waals surface area contributed by atoms with Crippen molar-refractivity contribution in [1.82, 2.24) is 13.9 Å². The SMILES string of the molecule is COC(=O)c1c(-c2ccc(C)cc2F)[nH]c(-c2ccnc3c2ccn3S(=O)(=O)c2ccccc2)c1I. The molecule has 7 nitrogen and oxygen atoms in total. The third-order valence-electron chi connectivity index (χ3n) is 5.85. The number of hydrogen-bond acceptors (Lipinski definition) is 5. The predicted molar refractivity (Wildman–Crippen MR) is 143 cm³/mol. The Morgan fingerprint density at radius 2 is 1.81 bits per heavy atom. The minimum absolute atomic E-state index is 0.134. The number of aromatic nitrogens is 3. The van der Waals surface area contributed by atoms with Crippen molar-refractivity contribution in [2.24, 2.45) is 0 Å². The molecule has 3 heterocycles. The van der Waals surface area contributed by atoms with Gasteiger partial charge in [0.25, 0.3) is 10.0 Å². The zero-order valence-electron chi connectivity index (χ0n) is 19.1. The molecule has 0 aliphatic carbocycles. The standard InChI is InChI=1S/C26H19FIN3O4S/c1-15-8-9-19(20(27)14-15)23-21(26(32)35-2)22(28)24(30-23)17-10-12-29-25-18(17)11-13-31(25)36(33,34)16-6-4-3-5-7-16/h3-14,30H,1-2H3. The van der Waals surface area contributed by atoms with Gasteiger partial charge in [0, 0.05) is 28.9 Å². The molecule has 0 unspecified atom stereocenters. The quantitative estimate of drug-likeness (QED) is 0.200. The van der Waals surface area contributed by atoms with Gasteiger partial charge < -0.3 is 9.72 Å². The molecular weight excluding hydrogens is 596 g/mol. The first-order valence-electron chi connectivity index (χ1n) is 10.8. The van der Waals surface area contributed by atoms with Gasteiger partial charge in [-0.3, -0.25) is 0 Å². The largest absolute Gasteiger partial charge is 0.465 e. The lowest BCUT2D eigenvalue weighted by atomic mass is 10.1. The fourth-order valence-electron chi connectivity index (χ4n) is 4.11. The van der Waals surface area contributed by atoms with Crippen molar-refractivity contribution in [3.8, 4) is 22.5 Å². The van der Waals surface area contributed by atoms with Crippen LogP contribution in [0, 0.1) is 16.3 Å². The normalized spacial score (nSPS) is 11.7. The van der Waals surface area contributed by atoms with Crippen LogP contribution >= 0.6 is 22.6 Å². The lowest BCUT2D eigenvalue weighted by Crippen LogP contribution is -2.12. The van der Waals surface area contributed by atoms with Crippen LogP contribution in [0.4, 0.5) is 4.39 Å². The van der Waals surface area contributed by atoms with Crippen molar-refractivity contribution in [1.29, 1.82) is 0 Å². The molecule has 3 aromatic heterocycles. The van der Waals surface area contributed by atoms with Crippen LogP contribution in [0.3, 0.4) is 0 Å². The minimum Gasteiger partial charge on any atom is -0.465 e. The van der Waals surface area contributed by atoms with Crippen molar-refractivity contribution >= 4 is 49.6 Å². The number of ether oxygens (including phenoxy) is 1. The Kier molecular flexibility index (Phi) is 6.17. The molecule has 5 rings (SSSR count). The van der Waals surface area contributed by atoms with Crippen LogP contribution in [0.1, 0.15) is 15.9 Å². The molecule has 0 amide bonds. The number of carbonyl (C=O) groups is 1. The molecule has 0 atom stereocenters. The van der Waals surface area contributed by atoms with Gasteiger partial charge in [-0.15, -0.1) is 0 Å². The van der Waals surface area contributed by atoms with E-state index >= 15 is 0 Å². The number of aryl methyl sites for hydroxylation is 1. The predicted octanol–water partition coefficient (Wildman–Crippen LogP) is 5.77. The van der Waals surface area contributed by atoms with Gasteiger partial charge in [0.15, 0.2) is 5.65 Å². The summed E-state index contributed by atoms with van der Waals surface area (Å²) < 4.78 is 48.1. The zero-order chi connectivity index (χ0) is 25.6. The second kappa shape index (κ2) is 9.17. The van der Waals surface area contributed by atoms with E-state index in [-0.39, 0.29) is 27.4 Å². The summed E-state index contributed by atoms with van der Waals surface area (Å²) in [6.07, 6.45) is 2.94. The Hall–Kier alpha value is -3.51. The van der Waals surface area contributed by atoms with Crippen molar-refractivity contribution in [2.45, 2.75) is 11.8 Å². The van der Waals surface area contributed by atoms with Gasteiger partial charge in [-0.05, 0) is 71.5 Å². The summed E-state index contributed by atoms with van der Waals surface area (Å²) >= 11 is 2.01. The van der Waals surface area contributed by atoms with Crippen LogP contribution in [-0.4, -0.2) is 35.4 Å². The summed E-state index contributed by atoms with van der Waals surface area (Å²) in [4.78, 5) is 20.4. The highest BCUT2D eigenvalue weighted by atomic mass is 127. The molecule has 0 bridgehead atoms. The molecule has 0 aliphatic heterocycles. The molecular formula is C26H19FIN3O4S. The Bertz CT molecular complexity index is 1740. The number of hydrogen-bond donors (Lipinski definition) is 1. The Balaban J connectivity index is 1.74. The number of aromatic amines is 1. The lowest BCUT2D eigenvalue weighted by Gasteiger charge is -2.08. The van der Waals surface area contributed by atoms with E-state index in [2.05, 4.69) is 9.97 Å². The van der Waals surface area contributed by atoms with E-state index in [9.17, 15) is 17.6 Å². The summed E-state index contributed by atoms with van der Waals surface area (Å²) in [6.45, 7) is 1.78. The maximum Gasteiger partial charge on any atom is 0.341 e. The second-order valence-corrected chi connectivity index (χ2v) is 11.0. The van der Waals surface area contributed by atoms with E-state index in [1.165, 1.54) is 37.7 Å². The summed E-state index contributed by atoms with van der Waals surface area (Å²) in [6, 6.07) is 16.2. The number of rotatable bonds is 5. The smallest absolute Gasteiger partial charge is 0.341 e. The van der Waals surface area contributed by atoms with Crippen molar-refractivity contribution in [3.05, 3.63) is 93.6 Å². The first-order valence-corrected chi connectivity index (χ1v) is 13.3. The third-order valence-corrected chi connectivity index (χ3v) is 8.61. The topological polar surface area (TPSA) is 94.1 Å². The third kappa shape index (κ3) is 3.90. The van der Waals surface area contributed by atoms with Gasteiger partial charge in [0.2, 0.25) is 0 Å². The summed E-state index contributed by atoms with van der Waals surface area (Å²) in [5.74, 6) is -1.10. The Morgan fingerprint density at radius 3 is 2.50 bits per heavy atom. The average Bonchev–Trinajstić information content (AvgIpc) is 3.46. The number of H-pyrrole nitrogens is 1. The van der Waals surface area contributed by atoms with Crippen LogP contribution in [0.15, 0.2) is 78.0 Å². The molecule has 0 radical (unpaired) electrons. The molecule has 182 valence electrons. The maximum atomic E-state index is 14.9. The van der Waals surface area contributed by atoms with Crippen molar-refractivity contribution in [3.63, 3.8) is 0 Å². The number of nitrogens with zero attached hydrogens (tertiary/aromatic N) is 2. The molecule has 0 saturated heterocycles. The molecule has 1 N–H and O–H groups in total. The summed E-state index contributed by atoms with van der Waals surface area (Å²) in [5.41, 5.74) is 2.79. The summed E-state index contributed by atoms with van der Waals surface area (Å²) in [5, 5.41) is 0.545. The number of fused-ring (bicyclic) bond motifs is 1. The van der Waals surface area contributed by atoms with Gasteiger partial charge in [0.05, 0.1) is 32.5 Å². The fraction of sp³-hybridized carbons (Fsp3) is 0.0769. The fourth-order valence-corrected chi connectivity index (χ4v) is 6.35. The van der Waals surface area contributed by atoms with Gasteiger partial charge in [-0.2, -0.15) is 0 Å². The number of halogens is 2. The molecule has 0 saturated carbocycles. The highest BCUT2D eigenvalue weighted by molar-refractivity contribution is 14.1. The van der Waals surface area contributed by atoms with Crippen molar-refractivity contribution in [2.75, 3.05) is 7.11 Å². The zero-order valence-corrected chi connectivity index (χ0v) is 22.1. The first kappa shape index (κ1) is 24.2. The number of nitrogens with one attached hydrogen (secondary N) is 1. The van der Waals surface area contributed by atoms with E-state index in [0.29, 0.717) is 20.2 Å². The molecule has 0 aliphatic rings. The maximum absolute atomic E-state index is 14.9.